The molecule has 0 saturated heterocycles. The van der Waals surface area contributed by atoms with E-state index in [-0.39, 0.29) is 0 Å². The number of aryl methyl sites for hydroxylation is 1. The largest absolute Gasteiger partial charge is 0.496 e. The summed E-state index contributed by atoms with van der Waals surface area (Å²) in [6, 6.07) is 12.9. The number of hydrogen-bond donors (Lipinski definition) is 1. The second-order valence-corrected chi connectivity index (χ2v) is 5.59. The Balaban J connectivity index is 1.95. The molecule has 0 amide bonds. The standard InChI is InChI=1S/C16H21NOS/c1-17-15(10-5-7-13-8-6-12-19-13)14-9-3-4-11-16(14)18-2/h3-4,6,8-9,11-12,15,17H,5,7,10H2,1-2H3. The van der Waals surface area contributed by atoms with Gasteiger partial charge in [-0.05, 0) is 43.8 Å². The zero-order valence-corrected chi connectivity index (χ0v) is 12.4. The smallest absolute Gasteiger partial charge is 0.123 e. The number of para-hydroxylation sites is 1. The van der Waals surface area contributed by atoms with E-state index in [1.807, 2.05) is 30.5 Å². The maximum Gasteiger partial charge on any atom is 0.123 e. The molecule has 19 heavy (non-hydrogen) atoms. The molecule has 0 aliphatic heterocycles. The Hall–Kier alpha value is -1.32. The van der Waals surface area contributed by atoms with Crippen molar-refractivity contribution in [2.45, 2.75) is 25.3 Å². The third kappa shape index (κ3) is 3.82. The van der Waals surface area contributed by atoms with Crippen LogP contribution < -0.4 is 10.1 Å². The van der Waals surface area contributed by atoms with Gasteiger partial charge in [-0.25, -0.2) is 0 Å². The van der Waals surface area contributed by atoms with E-state index in [0.29, 0.717) is 6.04 Å². The van der Waals surface area contributed by atoms with Crippen molar-refractivity contribution in [1.29, 1.82) is 0 Å². The van der Waals surface area contributed by atoms with Gasteiger partial charge in [-0.15, -0.1) is 11.3 Å². The van der Waals surface area contributed by atoms with Crippen LogP contribution in [0.2, 0.25) is 0 Å². The Kier molecular flexibility index (Phi) is 5.43. The Morgan fingerprint density at radius 1 is 1.21 bits per heavy atom. The lowest BCUT2D eigenvalue weighted by molar-refractivity contribution is 0.397. The Bertz CT molecular complexity index is 481. The summed E-state index contributed by atoms with van der Waals surface area (Å²) in [5.41, 5.74) is 1.25. The molecule has 0 aliphatic rings. The SMILES string of the molecule is CNC(CCCc1cccs1)c1ccccc1OC. The zero-order valence-electron chi connectivity index (χ0n) is 11.6. The van der Waals surface area contributed by atoms with E-state index >= 15 is 0 Å². The van der Waals surface area contributed by atoms with Crippen LogP contribution in [0.25, 0.3) is 0 Å². The molecule has 2 nitrogen and oxygen atoms in total. The molecular formula is C16H21NOS. The van der Waals surface area contributed by atoms with Crippen molar-refractivity contribution < 1.29 is 4.74 Å². The van der Waals surface area contributed by atoms with Crippen LogP contribution >= 0.6 is 11.3 Å². The molecule has 0 fully saturated rings. The first-order chi connectivity index (χ1) is 9.35. The fourth-order valence-electron chi connectivity index (χ4n) is 2.34. The average molecular weight is 275 g/mol. The van der Waals surface area contributed by atoms with Crippen molar-refractivity contribution in [3.63, 3.8) is 0 Å². The molecule has 1 heterocycles. The minimum absolute atomic E-state index is 0.358. The summed E-state index contributed by atoms with van der Waals surface area (Å²) in [6.45, 7) is 0. The molecule has 3 heteroatoms. The van der Waals surface area contributed by atoms with Crippen molar-refractivity contribution in [2.75, 3.05) is 14.2 Å². The molecule has 0 bridgehead atoms. The van der Waals surface area contributed by atoms with Gasteiger partial charge in [-0.2, -0.15) is 0 Å². The highest BCUT2D eigenvalue weighted by Crippen LogP contribution is 2.28. The van der Waals surface area contributed by atoms with Gasteiger partial charge < -0.3 is 10.1 Å². The molecule has 0 spiro atoms. The first-order valence-corrected chi connectivity index (χ1v) is 7.55. The molecule has 1 N–H and O–H groups in total. The lowest BCUT2D eigenvalue weighted by Crippen LogP contribution is -2.17. The van der Waals surface area contributed by atoms with Gasteiger partial charge in [0.1, 0.15) is 5.75 Å². The van der Waals surface area contributed by atoms with Crippen LogP contribution in [0.5, 0.6) is 5.75 Å². The van der Waals surface area contributed by atoms with Crippen molar-refractivity contribution in [1.82, 2.24) is 5.32 Å². The van der Waals surface area contributed by atoms with E-state index in [1.165, 1.54) is 16.9 Å². The van der Waals surface area contributed by atoms with E-state index in [9.17, 15) is 0 Å². The van der Waals surface area contributed by atoms with Gasteiger partial charge >= 0.3 is 0 Å². The van der Waals surface area contributed by atoms with Crippen LogP contribution in [-0.4, -0.2) is 14.2 Å². The van der Waals surface area contributed by atoms with Gasteiger partial charge in [0.2, 0.25) is 0 Å². The highest BCUT2D eigenvalue weighted by atomic mass is 32.1. The first-order valence-electron chi connectivity index (χ1n) is 6.67. The van der Waals surface area contributed by atoms with Gasteiger partial charge in [0, 0.05) is 16.5 Å². The van der Waals surface area contributed by atoms with E-state index in [2.05, 4.69) is 35.0 Å². The van der Waals surface area contributed by atoms with E-state index < -0.39 is 0 Å². The Morgan fingerprint density at radius 3 is 2.74 bits per heavy atom. The predicted octanol–water partition coefficient (Wildman–Crippen LogP) is 4.04. The Morgan fingerprint density at radius 2 is 2.05 bits per heavy atom. The minimum Gasteiger partial charge on any atom is -0.496 e. The molecule has 2 rings (SSSR count). The van der Waals surface area contributed by atoms with Crippen molar-refractivity contribution in [3.8, 4) is 5.75 Å². The van der Waals surface area contributed by atoms with Crippen LogP contribution in [0, 0.1) is 0 Å². The monoisotopic (exact) mass is 275 g/mol. The van der Waals surface area contributed by atoms with Gasteiger partial charge in [0.05, 0.1) is 7.11 Å². The Labute approximate surface area is 119 Å². The average Bonchev–Trinajstić information content (AvgIpc) is 2.97. The number of nitrogens with one attached hydrogen (secondary N) is 1. The first kappa shape index (κ1) is 14.1. The third-order valence-electron chi connectivity index (χ3n) is 3.36. The summed E-state index contributed by atoms with van der Waals surface area (Å²) in [7, 11) is 3.75. The fourth-order valence-corrected chi connectivity index (χ4v) is 3.10. The molecule has 102 valence electrons. The van der Waals surface area contributed by atoms with E-state index in [4.69, 9.17) is 4.74 Å². The fraction of sp³-hybridized carbons (Fsp3) is 0.375. The quantitative estimate of drug-likeness (QED) is 0.823. The molecule has 0 radical (unpaired) electrons. The molecule has 1 aromatic heterocycles. The molecule has 1 aromatic carbocycles. The van der Waals surface area contributed by atoms with Crippen molar-refractivity contribution >= 4 is 11.3 Å². The maximum absolute atomic E-state index is 5.44. The van der Waals surface area contributed by atoms with Crippen LogP contribution in [0.1, 0.15) is 29.3 Å². The van der Waals surface area contributed by atoms with Gasteiger partial charge in [-0.1, -0.05) is 24.3 Å². The van der Waals surface area contributed by atoms with Crippen LogP contribution in [0.4, 0.5) is 0 Å². The summed E-state index contributed by atoms with van der Waals surface area (Å²) in [4.78, 5) is 1.47. The molecular weight excluding hydrogens is 254 g/mol. The van der Waals surface area contributed by atoms with Gasteiger partial charge in [0.25, 0.3) is 0 Å². The van der Waals surface area contributed by atoms with Gasteiger partial charge in [-0.3, -0.25) is 0 Å². The molecule has 0 aliphatic carbocycles. The zero-order chi connectivity index (χ0) is 13.5. The third-order valence-corrected chi connectivity index (χ3v) is 4.30. The number of hydrogen-bond acceptors (Lipinski definition) is 3. The number of ether oxygens (including phenoxy) is 1. The summed E-state index contributed by atoms with van der Waals surface area (Å²) < 4.78 is 5.44. The van der Waals surface area contributed by atoms with Crippen LogP contribution in [-0.2, 0) is 6.42 Å². The molecule has 1 unspecified atom stereocenters. The van der Waals surface area contributed by atoms with Crippen molar-refractivity contribution in [3.05, 3.63) is 52.2 Å². The number of rotatable bonds is 7. The van der Waals surface area contributed by atoms with E-state index in [0.717, 1.165) is 18.6 Å². The van der Waals surface area contributed by atoms with Crippen molar-refractivity contribution in [2.24, 2.45) is 0 Å². The molecule has 0 saturated carbocycles. The lowest BCUT2D eigenvalue weighted by atomic mass is 10.00. The topological polar surface area (TPSA) is 21.3 Å². The minimum atomic E-state index is 0.358. The molecule has 2 aromatic rings. The van der Waals surface area contributed by atoms with Gasteiger partial charge in [0.15, 0.2) is 0 Å². The van der Waals surface area contributed by atoms with E-state index in [1.54, 1.807) is 7.11 Å². The highest BCUT2D eigenvalue weighted by molar-refractivity contribution is 7.09. The number of methoxy groups -OCH3 is 1. The van der Waals surface area contributed by atoms with Crippen LogP contribution in [0.3, 0.4) is 0 Å². The second-order valence-electron chi connectivity index (χ2n) is 4.55. The maximum atomic E-state index is 5.44. The predicted molar refractivity (Wildman–Crippen MR) is 82.1 cm³/mol. The lowest BCUT2D eigenvalue weighted by Gasteiger charge is -2.19. The number of benzene rings is 1. The highest BCUT2D eigenvalue weighted by Gasteiger charge is 2.13. The summed E-state index contributed by atoms with van der Waals surface area (Å²) >= 11 is 1.84. The summed E-state index contributed by atoms with van der Waals surface area (Å²) in [6.07, 6.45) is 3.46. The summed E-state index contributed by atoms with van der Waals surface area (Å²) in [5, 5.41) is 5.54. The molecule has 1 atom stereocenters. The van der Waals surface area contributed by atoms with Crippen LogP contribution in [0.15, 0.2) is 41.8 Å². The normalized spacial score (nSPS) is 12.3. The second kappa shape index (κ2) is 7.31. The summed E-state index contributed by atoms with van der Waals surface area (Å²) in [5.74, 6) is 0.970. The number of thiophene rings is 1.